The van der Waals surface area contributed by atoms with Crippen molar-refractivity contribution in [3.63, 3.8) is 0 Å². The molecule has 1 aliphatic carbocycles. The summed E-state index contributed by atoms with van der Waals surface area (Å²) in [6.45, 7) is 10.7. The van der Waals surface area contributed by atoms with E-state index in [-0.39, 0.29) is 59.1 Å². The minimum atomic E-state index is -2.87. The number of hydrogen-bond acceptors (Lipinski definition) is 3. The van der Waals surface area contributed by atoms with Gasteiger partial charge in [0.2, 0.25) is 0 Å². The van der Waals surface area contributed by atoms with E-state index in [0.717, 1.165) is 6.42 Å². The van der Waals surface area contributed by atoms with Crippen LogP contribution in [0.15, 0.2) is 0 Å². The van der Waals surface area contributed by atoms with Crippen molar-refractivity contribution in [3.8, 4) is 0 Å². The molecule has 0 radical (unpaired) electrons. The maximum Gasteiger partial charge on any atom is 1.00 e. The van der Waals surface area contributed by atoms with Crippen molar-refractivity contribution in [2.45, 2.75) is 53.4 Å². The van der Waals surface area contributed by atoms with Gasteiger partial charge in [0.05, 0.1) is 0 Å². The molecule has 0 aromatic heterocycles. The van der Waals surface area contributed by atoms with E-state index in [1.807, 2.05) is 0 Å². The first-order valence-electron chi connectivity index (χ1n) is 6.47. The van der Waals surface area contributed by atoms with Crippen molar-refractivity contribution in [2.75, 3.05) is 0 Å². The number of aliphatic hydroxyl groups excluding tert-OH is 1. The fraction of sp³-hybridized carbons (Fsp3) is 0.917. The van der Waals surface area contributed by atoms with E-state index >= 15 is 0 Å². The summed E-state index contributed by atoms with van der Waals surface area (Å²) in [4.78, 5) is 28.5. The van der Waals surface area contributed by atoms with Crippen molar-refractivity contribution in [1.29, 1.82) is 0 Å². The first kappa shape index (κ1) is 32.7. The minimum absolute atomic E-state index is 0. The Bertz CT molecular complexity index is 305. The summed E-state index contributed by atoms with van der Waals surface area (Å²) in [6.07, 6.45) is 4.69. The van der Waals surface area contributed by atoms with Crippen LogP contribution in [0.1, 0.15) is 53.4 Å². The summed E-state index contributed by atoms with van der Waals surface area (Å²) in [6, 6.07) is 0. The summed E-state index contributed by atoms with van der Waals surface area (Å²) in [5.41, 5.74) is 0.908. The monoisotopic (exact) mass is 391 g/mol. The number of rotatable bonds is 2. The quantitative estimate of drug-likeness (QED) is 0.193. The summed E-state index contributed by atoms with van der Waals surface area (Å²) in [5.74, 6) is 0.684. The molecule has 126 valence electrons. The Morgan fingerprint density at radius 3 is 1.39 bits per heavy atom. The fourth-order valence-electron chi connectivity index (χ4n) is 3.39. The second kappa shape index (κ2) is 16.2. The normalized spacial score (nSPS) is 17.8. The van der Waals surface area contributed by atoms with Crippen LogP contribution in [-0.4, -0.2) is 24.7 Å². The van der Waals surface area contributed by atoms with Crippen LogP contribution in [0.4, 0.5) is 0 Å². The first-order valence-corrected chi connectivity index (χ1v) is 8.80. The summed E-state index contributed by atoms with van der Waals surface area (Å²) < 4.78 is 17.4. The molecule has 5 N–H and O–H groups in total. The molecule has 0 atom stereocenters. The van der Waals surface area contributed by atoms with Crippen molar-refractivity contribution >= 4 is 16.5 Å². The molecular formula is C12H27Na2O7P2+3. The van der Waals surface area contributed by atoms with Gasteiger partial charge in [0.25, 0.3) is 0 Å². The van der Waals surface area contributed by atoms with Gasteiger partial charge in [0, 0.05) is 9.13 Å². The minimum Gasteiger partial charge on any atom is -0.566 e. The Kier molecular flexibility index (Phi) is 23.0. The molecule has 0 unspecified atom stereocenters. The standard InChI is InChI=1S/C12H23O.2Na.2HO3P/c1-11(2)7-10(5-6-13)8-12(3,4)9-11;;;2*1-4(2)3/h6,10,13H,5,7-9H2,1-4H3;;;2*(H-,1,2,3)/q-1;2*+1;;/p+2. The molecule has 11 heteroatoms. The van der Waals surface area contributed by atoms with Gasteiger partial charge in [-0.1, -0.05) is 33.6 Å². The zero-order chi connectivity index (χ0) is 17.3. The Morgan fingerprint density at radius 1 is 0.913 bits per heavy atom. The Morgan fingerprint density at radius 2 is 1.17 bits per heavy atom. The summed E-state index contributed by atoms with van der Waals surface area (Å²) in [7, 11) is -5.74. The van der Waals surface area contributed by atoms with Crippen molar-refractivity contribution < 1.29 is 92.9 Å². The van der Waals surface area contributed by atoms with Gasteiger partial charge < -0.3 is 5.11 Å². The van der Waals surface area contributed by atoms with E-state index < -0.39 is 16.5 Å². The third kappa shape index (κ3) is 26.3. The average Bonchev–Trinajstić information content (AvgIpc) is 2.09. The molecular weight excluding hydrogens is 364 g/mol. The zero-order valence-corrected chi connectivity index (χ0v) is 20.7. The van der Waals surface area contributed by atoms with E-state index in [1.165, 1.54) is 25.9 Å². The Balaban J connectivity index is -0.000000153. The second-order valence-electron chi connectivity index (χ2n) is 6.70. The van der Waals surface area contributed by atoms with Crippen LogP contribution < -0.4 is 59.1 Å². The van der Waals surface area contributed by atoms with E-state index in [2.05, 4.69) is 27.7 Å². The molecule has 0 aromatic rings. The van der Waals surface area contributed by atoms with Gasteiger partial charge in [-0.15, -0.1) is 19.6 Å². The maximum atomic E-state index is 8.83. The zero-order valence-electron chi connectivity index (χ0n) is 14.9. The van der Waals surface area contributed by atoms with Crippen LogP contribution in [0.2, 0.25) is 0 Å². The predicted octanol–water partition coefficient (Wildman–Crippen LogP) is -2.97. The van der Waals surface area contributed by atoms with Crippen LogP contribution in [0.25, 0.3) is 0 Å². The van der Waals surface area contributed by atoms with Gasteiger partial charge in [-0.3, -0.25) is 0 Å². The van der Waals surface area contributed by atoms with Crippen LogP contribution in [0.5, 0.6) is 0 Å². The average molecular weight is 391 g/mol. The molecule has 0 amide bonds. The number of hydrogen-bond donors (Lipinski definition) is 5. The molecule has 1 saturated carbocycles. The third-order valence-corrected chi connectivity index (χ3v) is 3.08. The molecule has 0 aromatic carbocycles. The van der Waals surface area contributed by atoms with Gasteiger partial charge in [0.1, 0.15) is 0 Å². The Hall–Kier alpha value is 2.00. The molecule has 23 heavy (non-hydrogen) atoms. The molecule has 7 nitrogen and oxygen atoms in total. The molecule has 0 heterocycles. The van der Waals surface area contributed by atoms with Gasteiger partial charge in [-0.05, 0) is 30.1 Å². The van der Waals surface area contributed by atoms with E-state index in [9.17, 15) is 0 Å². The topological polar surface area (TPSA) is 135 Å². The van der Waals surface area contributed by atoms with Crippen molar-refractivity contribution in [1.82, 2.24) is 0 Å². The van der Waals surface area contributed by atoms with E-state index in [1.54, 1.807) is 0 Å². The van der Waals surface area contributed by atoms with Gasteiger partial charge >= 0.3 is 75.6 Å². The fourth-order valence-corrected chi connectivity index (χ4v) is 3.39. The van der Waals surface area contributed by atoms with Crippen LogP contribution in [0, 0.1) is 23.4 Å². The third-order valence-electron chi connectivity index (χ3n) is 3.08. The smallest absolute Gasteiger partial charge is 0.566 e. The first-order chi connectivity index (χ1) is 9.31. The second-order valence-corrected chi connectivity index (χ2v) is 7.71. The molecule has 0 saturated heterocycles. The molecule has 0 bridgehead atoms. The van der Waals surface area contributed by atoms with Gasteiger partial charge in [0.15, 0.2) is 0 Å². The van der Waals surface area contributed by atoms with Gasteiger partial charge in [-0.2, -0.15) is 6.42 Å². The van der Waals surface area contributed by atoms with Crippen molar-refractivity contribution in [2.24, 2.45) is 16.7 Å². The molecule has 1 fully saturated rings. The predicted molar refractivity (Wildman–Crippen MR) is 79.8 cm³/mol. The summed E-state index contributed by atoms with van der Waals surface area (Å²) >= 11 is 0. The number of aliphatic hydroxyl groups is 1. The van der Waals surface area contributed by atoms with Crippen LogP contribution >= 0.6 is 16.5 Å². The van der Waals surface area contributed by atoms with Crippen molar-refractivity contribution in [3.05, 3.63) is 6.61 Å². The largest absolute Gasteiger partial charge is 1.00 e. The maximum absolute atomic E-state index is 8.83. The molecule has 1 aliphatic rings. The molecule has 1 rings (SSSR count). The van der Waals surface area contributed by atoms with Gasteiger partial charge in [-0.25, -0.2) is 6.61 Å². The molecule has 0 spiro atoms. The van der Waals surface area contributed by atoms with Crippen LogP contribution in [-0.2, 0) is 9.13 Å². The summed E-state index contributed by atoms with van der Waals surface area (Å²) in [5, 5.41) is 8.83. The van der Waals surface area contributed by atoms with E-state index in [0.29, 0.717) is 16.7 Å². The molecule has 0 aliphatic heterocycles. The Labute approximate surface area is 184 Å². The SMILES string of the molecule is CC1(C)CC(C[CH-]O)CC(C)(C)C1.O=[P+](O)O.O=[P+](O)O.[Na+].[Na+]. The van der Waals surface area contributed by atoms with E-state index in [4.69, 9.17) is 33.8 Å². The van der Waals surface area contributed by atoms with Crippen LogP contribution in [0.3, 0.4) is 0 Å².